The Morgan fingerprint density at radius 1 is 1.33 bits per heavy atom. The van der Waals surface area contributed by atoms with Crippen molar-refractivity contribution in [1.82, 2.24) is 9.55 Å². The predicted octanol–water partition coefficient (Wildman–Crippen LogP) is 2.12. The number of nitrogens with zero attached hydrogens (tertiary/aromatic N) is 2. The van der Waals surface area contributed by atoms with E-state index in [1.54, 1.807) is 4.90 Å². The average molecular weight is 327 g/mol. The summed E-state index contributed by atoms with van der Waals surface area (Å²) in [7, 11) is 0. The summed E-state index contributed by atoms with van der Waals surface area (Å²) in [5.74, 6) is 1.25. The first-order valence-corrected chi connectivity index (χ1v) is 9.38. The number of amides is 1. The molecule has 128 valence electrons. The maximum absolute atomic E-state index is 11.6. The van der Waals surface area contributed by atoms with Crippen LogP contribution in [0, 0.1) is 0 Å². The number of carbonyl (C=O) groups excluding carboxylic acids is 1. The SMILES string of the molecule is CCC(=O)Nc1ccc2c(c1)nc1n2CC[NH+](C2CCCCC2)C1. The molecule has 1 aliphatic carbocycles. The van der Waals surface area contributed by atoms with Gasteiger partial charge < -0.3 is 14.8 Å². The van der Waals surface area contributed by atoms with Crippen molar-refractivity contribution in [2.24, 2.45) is 0 Å². The molecule has 4 rings (SSSR count). The van der Waals surface area contributed by atoms with Gasteiger partial charge in [0.2, 0.25) is 5.91 Å². The van der Waals surface area contributed by atoms with E-state index >= 15 is 0 Å². The molecule has 1 saturated carbocycles. The molecular weight excluding hydrogens is 300 g/mol. The summed E-state index contributed by atoms with van der Waals surface area (Å²) in [6.45, 7) is 5.16. The summed E-state index contributed by atoms with van der Waals surface area (Å²) in [6.07, 6.45) is 7.45. The quantitative estimate of drug-likeness (QED) is 0.907. The van der Waals surface area contributed by atoms with Crippen LogP contribution in [0.2, 0.25) is 0 Å². The van der Waals surface area contributed by atoms with Crippen molar-refractivity contribution in [3.63, 3.8) is 0 Å². The summed E-state index contributed by atoms with van der Waals surface area (Å²) in [6, 6.07) is 6.93. The number of hydrogen-bond acceptors (Lipinski definition) is 2. The average Bonchev–Trinajstić information content (AvgIpc) is 2.99. The van der Waals surface area contributed by atoms with Gasteiger partial charge >= 0.3 is 0 Å². The lowest BCUT2D eigenvalue weighted by Crippen LogP contribution is -3.15. The molecule has 0 radical (unpaired) electrons. The van der Waals surface area contributed by atoms with E-state index in [0.717, 1.165) is 30.3 Å². The number of anilines is 1. The molecule has 1 atom stereocenters. The summed E-state index contributed by atoms with van der Waals surface area (Å²) in [5.41, 5.74) is 3.05. The Morgan fingerprint density at radius 3 is 2.96 bits per heavy atom. The second-order valence-corrected chi connectivity index (χ2v) is 7.20. The highest BCUT2D eigenvalue weighted by Gasteiger charge is 2.30. The molecule has 2 aliphatic rings. The van der Waals surface area contributed by atoms with Gasteiger partial charge in [-0.25, -0.2) is 4.98 Å². The smallest absolute Gasteiger partial charge is 0.224 e. The zero-order valence-corrected chi connectivity index (χ0v) is 14.5. The summed E-state index contributed by atoms with van der Waals surface area (Å²) in [5, 5.41) is 2.93. The third kappa shape index (κ3) is 2.93. The van der Waals surface area contributed by atoms with Gasteiger partial charge in [-0.15, -0.1) is 0 Å². The number of hydrogen-bond donors (Lipinski definition) is 2. The summed E-state index contributed by atoms with van der Waals surface area (Å²) >= 11 is 0. The third-order valence-electron chi connectivity index (χ3n) is 5.66. The first-order valence-electron chi connectivity index (χ1n) is 9.38. The summed E-state index contributed by atoms with van der Waals surface area (Å²) < 4.78 is 2.37. The molecule has 2 N–H and O–H groups in total. The molecular formula is C19H27N4O+. The minimum absolute atomic E-state index is 0.0474. The maximum Gasteiger partial charge on any atom is 0.224 e. The van der Waals surface area contributed by atoms with Gasteiger partial charge in [-0.1, -0.05) is 13.3 Å². The molecule has 5 nitrogen and oxygen atoms in total. The fourth-order valence-corrected chi connectivity index (χ4v) is 4.30. The van der Waals surface area contributed by atoms with E-state index in [9.17, 15) is 4.79 Å². The predicted molar refractivity (Wildman–Crippen MR) is 95.1 cm³/mol. The molecule has 0 bridgehead atoms. The van der Waals surface area contributed by atoms with Crippen molar-refractivity contribution in [2.75, 3.05) is 11.9 Å². The van der Waals surface area contributed by atoms with Crippen LogP contribution in [-0.4, -0.2) is 28.0 Å². The van der Waals surface area contributed by atoms with Crippen LogP contribution in [0.5, 0.6) is 0 Å². The van der Waals surface area contributed by atoms with Crippen molar-refractivity contribution in [3.8, 4) is 0 Å². The lowest BCUT2D eigenvalue weighted by molar-refractivity contribution is -0.944. The van der Waals surface area contributed by atoms with Crippen molar-refractivity contribution < 1.29 is 9.69 Å². The van der Waals surface area contributed by atoms with E-state index in [4.69, 9.17) is 4.98 Å². The highest BCUT2D eigenvalue weighted by molar-refractivity contribution is 5.92. The van der Waals surface area contributed by atoms with Crippen LogP contribution in [0.1, 0.15) is 51.3 Å². The lowest BCUT2D eigenvalue weighted by atomic mass is 9.94. The zero-order valence-electron chi connectivity index (χ0n) is 14.5. The van der Waals surface area contributed by atoms with Crippen LogP contribution in [0.4, 0.5) is 5.69 Å². The fraction of sp³-hybridized carbons (Fsp3) is 0.579. The molecule has 5 heteroatoms. The van der Waals surface area contributed by atoms with Crippen molar-refractivity contribution in [1.29, 1.82) is 0 Å². The normalized spacial score (nSPS) is 21.6. The van der Waals surface area contributed by atoms with Gasteiger partial charge in [0.05, 0.1) is 30.2 Å². The monoisotopic (exact) mass is 327 g/mol. The highest BCUT2D eigenvalue weighted by atomic mass is 16.1. The van der Waals surface area contributed by atoms with Gasteiger partial charge in [0.25, 0.3) is 0 Å². The largest absolute Gasteiger partial charge is 0.326 e. The first-order chi connectivity index (χ1) is 11.7. The second kappa shape index (κ2) is 6.55. The Bertz CT molecular complexity index is 745. The third-order valence-corrected chi connectivity index (χ3v) is 5.66. The van der Waals surface area contributed by atoms with Gasteiger partial charge in [-0.3, -0.25) is 4.79 Å². The fourth-order valence-electron chi connectivity index (χ4n) is 4.30. The number of aromatic nitrogens is 2. The minimum Gasteiger partial charge on any atom is -0.326 e. The minimum atomic E-state index is 0.0474. The van der Waals surface area contributed by atoms with E-state index in [-0.39, 0.29) is 5.91 Å². The Balaban J connectivity index is 1.57. The van der Waals surface area contributed by atoms with E-state index in [2.05, 4.69) is 16.0 Å². The Kier molecular flexibility index (Phi) is 4.27. The van der Waals surface area contributed by atoms with Crippen LogP contribution in [0.25, 0.3) is 11.0 Å². The highest BCUT2D eigenvalue weighted by Crippen LogP contribution is 2.22. The molecule has 0 saturated heterocycles. The van der Waals surface area contributed by atoms with Gasteiger partial charge in [0.1, 0.15) is 6.54 Å². The topological polar surface area (TPSA) is 51.4 Å². The number of nitrogens with one attached hydrogen (secondary N) is 2. The van der Waals surface area contributed by atoms with E-state index in [0.29, 0.717) is 6.42 Å². The van der Waals surface area contributed by atoms with Crippen LogP contribution >= 0.6 is 0 Å². The molecule has 1 fully saturated rings. The van der Waals surface area contributed by atoms with E-state index < -0.39 is 0 Å². The van der Waals surface area contributed by atoms with Crippen LogP contribution in [0.15, 0.2) is 18.2 Å². The molecule has 1 amide bonds. The van der Waals surface area contributed by atoms with Gasteiger partial charge in [-0.2, -0.15) is 0 Å². The standard InChI is InChI=1S/C19H26N4O/c1-2-19(24)20-14-8-9-17-16(12-14)21-18-13-22(10-11-23(17)18)15-6-4-3-5-7-15/h8-9,12,15H,2-7,10-11,13H2,1H3,(H,20,24)/p+1. The molecule has 0 spiro atoms. The Labute approximate surface area is 143 Å². The molecule has 1 aromatic carbocycles. The molecule has 1 aromatic heterocycles. The van der Waals surface area contributed by atoms with Gasteiger partial charge in [-0.05, 0) is 43.9 Å². The molecule has 1 unspecified atom stereocenters. The number of fused-ring (bicyclic) bond motifs is 3. The van der Waals surface area contributed by atoms with Gasteiger partial charge in [0.15, 0.2) is 5.82 Å². The number of quaternary nitrogens is 1. The molecule has 24 heavy (non-hydrogen) atoms. The van der Waals surface area contributed by atoms with Crippen LogP contribution in [-0.2, 0) is 17.9 Å². The molecule has 2 aromatic rings. The van der Waals surface area contributed by atoms with Crippen molar-refractivity contribution in [2.45, 2.75) is 64.6 Å². The lowest BCUT2D eigenvalue weighted by Gasteiger charge is -2.34. The van der Waals surface area contributed by atoms with E-state index in [1.807, 2.05) is 19.1 Å². The Morgan fingerprint density at radius 2 is 2.17 bits per heavy atom. The van der Waals surface area contributed by atoms with Crippen molar-refractivity contribution >= 4 is 22.6 Å². The summed E-state index contributed by atoms with van der Waals surface area (Å²) in [4.78, 5) is 18.2. The first kappa shape index (κ1) is 15.6. The number of carbonyl (C=O) groups is 1. The van der Waals surface area contributed by atoms with Gasteiger partial charge in [0, 0.05) is 12.1 Å². The van der Waals surface area contributed by atoms with E-state index in [1.165, 1.54) is 50.0 Å². The maximum atomic E-state index is 11.6. The zero-order chi connectivity index (χ0) is 16.5. The number of benzene rings is 1. The second-order valence-electron chi connectivity index (χ2n) is 7.20. The molecule has 1 aliphatic heterocycles. The van der Waals surface area contributed by atoms with Crippen LogP contribution < -0.4 is 10.2 Å². The van der Waals surface area contributed by atoms with Crippen LogP contribution in [0.3, 0.4) is 0 Å². The number of imidazole rings is 1. The van der Waals surface area contributed by atoms with Crippen molar-refractivity contribution in [3.05, 3.63) is 24.0 Å². The molecule has 2 heterocycles. The Hall–Kier alpha value is -1.88. The number of rotatable bonds is 3.